The Morgan fingerprint density at radius 3 is 2.75 bits per heavy atom. The molecule has 3 rings (SSSR count). The lowest BCUT2D eigenvalue weighted by Gasteiger charge is -2.37. The van der Waals surface area contributed by atoms with Crippen molar-refractivity contribution in [2.75, 3.05) is 46.1 Å². The summed E-state index contributed by atoms with van der Waals surface area (Å²) in [6.07, 6.45) is 3.12. The maximum absolute atomic E-state index is 5.64. The molecule has 3 heterocycles. The van der Waals surface area contributed by atoms with E-state index in [4.69, 9.17) is 9.47 Å². The third-order valence-corrected chi connectivity index (χ3v) is 5.16. The molecule has 2 aliphatic heterocycles. The van der Waals surface area contributed by atoms with Gasteiger partial charge in [-0.15, -0.1) is 0 Å². The Morgan fingerprint density at radius 2 is 2.08 bits per heavy atom. The maximum atomic E-state index is 5.64. The average Bonchev–Trinajstić information content (AvgIpc) is 3.23. The molecule has 1 aromatic rings. The van der Waals surface area contributed by atoms with Gasteiger partial charge in [-0.3, -0.25) is 10.00 Å². The highest BCUT2D eigenvalue weighted by molar-refractivity contribution is 5.23. The largest absolute Gasteiger partial charge is 0.381 e. The zero-order chi connectivity index (χ0) is 17.0. The van der Waals surface area contributed by atoms with Crippen molar-refractivity contribution in [1.29, 1.82) is 0 Å². The topological polar surface area (TPSA) is 62.4 Å². The van der Waals surface area contributed by atoms with Crippen LogP contribution < -0.4 is 5.32 Å². The zero-order valence-electron chi connectivity index (χ0n) is 15.3. The number of ether oxygens (including phenoxy) is 2. The van der Waals surface area contributed by atoms with Crippen LogP contribution in [-0.2, 0) is 21.4 Å². The van der Waals surface area contributed by atoms with Crippen LogP contribution in [0.25, 0.3) is 0 Å². The van der Waals surface area contributed by atoms with Crippen molar-refractivity contribution in [1.82, 2.24) is 20.4 Å². The van der Waals surface area contributed by atoms with E-state index < -0.39 is 0 Å². The standard InChI is InChI=1S/C18H32N4O2/c1-18(2,3)17-15(11-20-21-17)10-19-12-16(14-4-7-24-13-14)22-5-8-23-9-6-22/h11,14,16,19H,4-10,12-13H2,1-3H3,(H,20,21)/t14-,16+/m1/s1. The monoisotopic (exact) mass is 336 g/mol. The van der Waals surface area contributed by atoms with Crippen molar-refractivity contribution in [3.05, 3.63) is 17.5 Å². The Balaban J connectivity index is 1.58. The number of rotatable bonds is 6. The molecule has 6 heteroatoms. The van der Waals surface area contributed by atoms with Gasteiger partial charge in [0.25, 0.3) is 0 Å². The van der Waals surface area contributed by atoms with Gasteiger partial charge in [0.2, 0.25) is 0 Å². The number of nitrogens with one attached hydrogen (secondary N) is 2. The van der Waals surface area contributed by atoms with Gasteiger partial charge in [0.1, 0.15) is 0 Å². The number of aromatic nitrogens is 2. The van der Waals surface area contributed by atoms with Crippen LogP contribution in [0.5, 0.6) is 0 Å². The van der Waals surface area contributed by atoms with Crippen molar-refractivity contribution < 1.29 is 9.47 Å². The van der Waals surface area contributed by atoms with Crippen molar-refractivity contribution in [3.63, 3.8) is 0 Å². The molecular formula is C18H32N4O2. The lowest BCUT2D eigenvalue weighted by Crippen LogP contribution is -2.51. The second-order valence-electron chi connectivity index (χ2n) is 7.99. The normalized spacial score (nSPS) is 24.4. The van der Waals surface area contributed by atoms with E-state index in [0.29, 0.717) is 12.0 Å². The third kappa shape index (κ3) is 4.36. The van der Waals surface area contributed by atoms with Gasteiger partial charge in [-0.1, -0.05) is 20.8 Å². The van der Waals surface area contributed by atoms with Crippen LogP contribution in [-0.4, -0.2) is 67.2 Å². The molecule has 0 spiro atoms. The molecule has 0 saturated carbocycles. The molecule has 6 nitrogen and oxygen atoms in total. The lowest BCUT2D eigenvalue weighted by atomic mass is 9.89. The molecule has 0 radical (unpaired) electrons. The van der Waals surface area contributed by atoms with Crippen LogP contribution in [0.4, 0.5) is 0 Å². The van der Waals surface area contributed by atoms with Gasteiger partial charge in [0.05, 0.1) is 26.0 Å². The fourth-order valence-corrected chi connectivity index (χ4v) is 3.81. The molecule has 0 aliphatic carbocycles. The van der Waals surface area contributed by atoms with Crippen molar-refractivity contribution in [3.8, 4) is 0 Å². The number of morpholine rings is 1. The number of nitrogens with zero attached hydrogens (tertiary/aromatic N) is 2. The number of H-pyrrole nitrogens is 1. The number of hydrogen-bond acceptors (Lipinski definition) is 5. The Kier molecular flexibility index (Phi) is 5.92. The summed E-state index contributed by atoms with van der Waals surface area (Å²) >= 11 is 0. The highest BCUT2D eigenvalue weighted by Gasteiger charge is 2.31. The first kappa shape index (κ1) is 17.9. The second kappa shape index (κ2) is 7.95. The van der Waals surface area contributed by atoms with Crippen LogP contribution in [0.1, 0.15) is 38.4 Å². The van der Waals surface area contributed by atoms with Crippen LogP contribution in [0, 0.1) is 5.92 Å². The quantitative estimate of drug-likeness (QED) is 0.825. The fraction of sp³-hybridized carbons (Fsp3) is 0.833. The van der Waals surface area contributed by atoms with Crippen LogP contribution in [0.3, 0.4) is 0 Å². The van der Waals surface area contributed by atoms with Crippen molar-refractivity contribution >= 4 is 0 Å². The fourth-order valence-electron chi connectivity index (χ4n) is 3.81. The minimum absolute atomic E-state index is 0.0937. The van der Waals surface area contributed by atoms with E-state index in [2.05, 4.69) is 41.2 Å². The van der Waals surface area contributed by atoms with Gasteiger partial charge >= 0.3 is 0 Å². The van der Waals surface area contributed by atoms with Gasteiger partial charge in [-0.25, -0.2) is 0 Å². The summed E-state index contributed by atoms with van der Waals surface area (Å²) in [6.45, 7) is 14.1. The van der Waals surface area contributed by atoms with Gasteiger partial charge in [0.15, 0.2) is 0 Å². The maximum Gasteiger partial charge on any atom is 0.0594 e. The first-order valence-electron chi connectivity index (χ1n) is 9.18. The second-order valence-corrected chi connectivity index (χ2v) is 7.99. The Hall–Kier alpha value is -0.950. The summed E-state index contributed by atoms with van der Waals surface area (Å²) in [5, 5.41) is 11.1. The molecule has 0 amide bonds. The molecule has 0 unspecified atom stereocenters. The van der Waals surface area contributed by atoms with Gasteiger partial charge in [0, 0.05) is 61.4 Å². The summed E-state index contributed by atoms with van der Waals surface area (Å²) in [5.41, 5.74) is 2.59. The molecular weight excluding hydrogens is 304 g/mol. The van der Waals surface area contributed by atoms with Crippen molar-refractivity contribution in [2.24, 2.45) is 5.92 Å². The van der Waals surface area contributed by atoms with E-state index in [1.165, 1.54) is 17.7 Å². The smallest absolute Gasteiger partial charge is 0.0594 e. The summed E-state index contributed by atoms with van der Waals surface area (Å²) < 4.78 is 11.2. The van der Waals surface area contributed by atoms with E-state index in [-0.39, 0.29) is 5.41 Å². The highest BCUT2D eigenvalue weighted by atomic mass is 16.5. The Morgan fingerprint density at radius 1 is 1.29 bits per heavy atom. The Labute approximate surface area is 145 Å². The SMILES string of the molecule is CC(C)(C)c1[nH]ncc1CNC[C@@H]([C@@H]1CCOC1)N1CCOCC1. The molecule has 2 N–H and O–H groups in total. The number of hydrogen-bond donors (Lipinski definition) is 2. The van der Waals surface area contributed by atoms with Crippen LogP contribution in [0.2, 0.25) is 0 Å². The minimum Gasteiger partial charge on any atom is -0.381 e. The van der Waals surface area contributed by atoms with Gasteiger partial charge in [-0.05, 0) is 6.42 Å². The van der Waals surface area contributed by atoms with Gasteiger partial charge in [-0.2, -0.15) is 5.10 Å². The molecule has 24 heavy (non-hydrogen) atoms. The highest BCUT2D eigenvalue weighted by Crippen LogP contribution is 2.24. The molecule has 2 fully saturated rings. The average molecular weight is 336 g/mol. The predicted octanol–water partition coefficient (Wildman–Crippen LogP) is 1.53. The Bertz CT molecular complexity index is 499. The summed E-state index contributed by atoms with van der Waals surface area (Å²) in [6, 6.07) is 0.529. The van der Waals surface area contributed by atoms with Crippen LogP contribution >= 0.6 is 0 Å². The predicted molar refractivity (Wildman–Crippen MR) is 94.1 cm³/mol. The first-order valence-corrected chi connectivity index (χ1v) is 9.18. The van der Waals surface area contributed by atoms with E-state index in [9.17, 15) is 0 Å². The van der Waals surface area contributed by atoms with Crippen molar-refractivity contribution in [2.45, 2.75) is 45.2 Å². The molecule has 0 aromatic carbocycles. The van der Waals surface area contributed by atoms with E-state index in [1.54, 1.807) is 0 Å². The summed E-state index contributed by atoms with van der Waals surface area (Å²) in [4.78, 5) is 2.58. The van der Waals surface area contributed by atoms with E-state index in [1.807, 2.05) is 6.20 Å². The van der Waals surface area contributed by atoms with Gasteiger partial charge < -0.3 is 14.8 Å². The molecule has 1 aromatic heterocycles. The zero-order valence-corrected chi connectivity index (χ0v) is 15.3. The molecule has 136 valence electrons. The summed E-state index contributed by atoms with van der Waals surface area (Å²) in [5.74, 6) is 0.627. The first-order chi connectivity index (χ1) is 11.6. The number of aromatic amines is 1. The molecule has 2 atom stereocenters. The molecule has 2 aliphatic rings. The lowest BCUT2D eigenvalue weighted by molar-refractivity contribution is 0.00136. The van der Waals surface area contributed by atoms with E-state index in [0.717, 1.165) is 52.6 Å². The minimum atomic E-state index is 0.0937. The van der Waals surface area contributed by atoms with E-state index >= 15 is 0 Å². The van der Waals surface area contributed by atoms with Crippen LogP contribution in [0.15, 0.2) is 6.20 Å². The molecule has 0 bridgehead atoms. The summed E-state index contributed by atoms with van der Waals surface area (Å²) in [7, 11) is 0. The third-order valence-electron chi connectivity index (χ3n) is 5.16. The molecule has 2 saturated heterocycles.